The lowest BCUT2D eigenvalue weighted by atomic mass is 9.77. The number of hydrogen-bond donors (Lipinski definition) is 0. The Balaban J connectivity index is 0.000000299. The number of anilines is 2. The summed E-state index contributed by atoms with van der Waals surface area (Å²) in [6.45, 7) is 15.7. The molecule has 0 unspecified atom stereocenters. The van der Waals surface area contributed by atoms with Crippen molar-refractivity contribution in [1.29, 1.82) is 0 Å². The number of halogens is 5. The van der Waals surface area contributed by atoms with E-state index in [4.69, 9.17) is 0 Å². The van der Waals surface area contributed by atoms with Crippen LogP contribution in [0.2, 0.25) is 0 Å². The van der Waals surface area contributed by atoms with E-state index in [0.29, 0.717) is 22.5 Å². The molecule has 3 aromatic rings. The van der Waals surface area contributed by atoms with E-state index in [9.17, 15) is 22.0 Å². The molecule has 2 nitrogen and oxygen atoms in total. The van der Waals surface area contributed by atoms with Crippen LogP contribution in [0.15, 0.2) is 54.6 Å². The first-order chi connectivity index (χ1) is 24.1. The van der Waals surface area contributed by atoms with Crippen LogP contribution in [0.4, 0.5) is 33.3 Å². The molecule has 1 aliphatic carbocycles. The molecule has 0 radical (unpaired) electrons. The maximum atomic E-state index is 14.1. The molecule has 3 fully saturated rings. The van der Waals surface area contributed by atoms with Crippen molar-refractivity contribution in [2.24, 2.45) is 11.3 Å². The number of benzene rings is 3. The van der Waals surface area contributed by atoms with Gasteiger partial charge in [0.25, 0.3) is 0 Å². The van der Waals surface area contributed by atoms with Crippen molar-refractivity contribution in [3.8, 4) is 0 Å². The third kappa shape index (κ3) is 12.9. The topological polar surface area (TPSA) is 6.48 Å². The van der Waals surface area contributed by atoms with Crippen LogP contribution >= 0.6 is 0 Å². The smallest absolute Gasteiger partial charge is 0.149 e. The fourth-order valence-electron chi connectivity index (χ4n) is 7.50. The molecular formula is C43H63F5N2. The summed E-state index contributed by atoms with van der Waals surface area (Å²) in [4.78, 5) is 3.77. The molecule has 1 spiro atoms. The van der Waals surface area contributed by atoms with Crippen LogP contribution in [0, 0.1) is 48.4 Å². The summed E-state index contributed by atoms with van der Waals surface area (Å²) in [7, 11) is 0. The van der Waals surface area contributed by atoms with Crippen molar-refractivity contribution in [2.75, 3.05) is 42.7 Å². The third-order valence-electron chi connectivity index (χ3n) is 9.98. The molecule has 0 aromatic heterocycles. The Morgan fingerprint density at radius 3 is 1.46 bits per heavy atom. The minimum atomic E-state index is -0.435. The highest BCUT2D eigenvalue weighted by molar-refractivity contribution is 5.52. The number of rotatable bonds is 6. The highest BCUT2D eigenvalue weighted by Gasteiger charge is 2.37. The standard InChI is InChI=1S/C21H25F2N.C16H21F2N.C2H5F.2C2H6/c1-16-14-19(22)21(20(23)15-16)24-12-10-18(11-13-24)9-5-8-17-6-3-2-4-7-17;1-12-10-13(17)15(14(18)11-12)19-8-6-16(7-9-19)4-2-3-5-16;1-2-3;2*1-2/h2-4,6-7,14-15,18H,5,8-13H2,1H3;10-11H,2-9H2,1H3;2H2,1H3;2*1-2H3. The van der Waals surface area contributed by atoms with E-state index in [0.717, 1.165) is 58.3 Å². The molecule has 3 aliphatic rings. The third-order valence-corrected chi connectivity index (χ3v) is 9.98. The van der Waals surface area contributed by atoms with Gasteiger partial charge in [-0.2, -0.15) is 0 Å². The highest BCUT2D eigenvalue weighted by Crippen LogP contribution is 2.47. The zero-order valence-electron chi connectivity index (χ0n) is 31.9. The van der Waals surface area contributed by atoms with Gasteiger partial charge in [-0.25, -0.2) is 17.6 Å². The van der Waals surface area contributed by atoms with Gasteiger partial charge in [0.2, 0.25) is 0 Å². The van der Waals surface area contributed by atoms with Crippen molar-refractivity contribution >= 4 is 11.4 Å². The van der Waals surface area contributed by atoms with E-state index in [2.05, 4.69) is 24.3 Å². The second-order valence-electron chi connectivity index (χ2n) is 13.4. The van der Waals surface area contributed by atoms with E-state index in [1.807, 2.05) is 43.6 Å². The Hall–Kier alpha value is -3.09. The fourth-order valence-corrected chi connectivity index (χ4v) is 7.50. The second-order valence-corrected chi connectivity index (χ2v) is 13.4. The Labute approximate surface area is 300 Å². The molecule has 2 aliphatic heterocycles. The van der Waals surface area contributed by atoms with E-state index >= 15 is 0 Å². The van der Waals surface area contributed by atoms with Crippen LogP contribution < -0.4 is 9.80 Å². The summed E-state index contributed by atoms with van der Waals surface area (Å²) in [5.41, 5.74) is 3.47. The minimum Gasteiger partial charge on any atom is -0.367 e. The fraction of sp³-hybridized carbons (Fsp3) is 0.581. The molecule has 2 saturated heterocycles. The normalized spacial score (nSPS) is 16.6. The summed E-state index contributed by atoms with van der Waals surface area (Å²) in [5, 5.41) is 0. The van der Waals surface area contributed by atoms with Gasteiger partial charge in [-0.05, 0) is 131 Å². The zero-order valence-corrected chi connectivity index (χ0v) is 31.9. The molecule has 50 heavy (non-hydrogen) atoms. The molecule has 0 N–H and O–H groups in total. The molecule has 2 heterocycles. The van der Waals surface area contributed by atoms with Gasteiger partial charge in [-0.15, -0.1) is 0 Å². The van der Waals surface area contributed by atoms with Gasteiger partial charge in [0.1, 0.15) is 34.6 Å². The average molecular weight is 703 g/mol. The molecule has 1 saturated carbocycles. The van der Waals surface area contributed by atoms with Gasteiger partial charge in [-0.1, -0.05) is 70.9 Å². The summed E-state index contributed by atoms with van der Waals surface area (Å²) < 4.78 is 66.5. The Morgan fingerprint density at radius 2 is 1.04 bits per heavy atom. The average Bonchev–Trinajstić information content (AvgIpc) is 3.56. The number of alkyl halides is 1. The zero-order chi connectivity index (χ0) is 37.1. The summed E-state index contributed by atoms with van der Waals surface area (Å²) in [5.74, 6) is -1.04. The Morgan fingerprint density at radius 1 is 0.640 bits per heavy atom. The number of nitrogens with zero attached hydrogens (tertiary/aromatic N) is 2. The second kappa shape index (κ2) is 22.7. The number of aryl methyl sites for hydroxylation is 3. The lowest BCUT2D eigenvalue weighted by Gasteiger charge is -2.40. The van der Waals surface area contributed by atoms with E-state index in [-0.39, 0.29) is 18.0 Å². The maximum Gasteiger partial charge on any atom is 0.149 e. The summed E-state index contributed by atoms with van der Waals surface area (Å²) in [6, 6.07) is 16.3. The van der Waals surface area contributed by atoms with E-state index < -0.39 is 23.3 Å². The van der Waals surface area contributed by atoms with Crippen molar-refractivity contribution in [1.82, 2.24) is 0 Å². The Kier molecular flexibility index (Phi) is 19.5. The highest BCUT2D eigenvalue weighted by atomic mass is 19.1. The molecule has 0 bridgehead atoms. The monoisotopic (exact) mass is 702 g/mol. The van der Waals surface area contributed by atoms with Gasteiger partial charge in [0.05, 0.1) is 6.67 Å². The lowest BCUT2D eigenvalue weighted by Crippen LogP contribution is -2.39. The van der Waals surface area contributed by atoms with Crippen LogP contribution in [-0.4, -0.2) is 32.9 Å². The van der Waals surface area contributed by atoms with Crippen molar-refractivity contribution in [3.63, 3.8) is 0 Å². The van der Waals surface area contributed by atoms with Crippen LogP contribution in [0.5, 0.6) is 0 Å². The van der Waals surface area contributed by atoms with Crippen LogP contribution in [-0.2, 0) is 6.42 Å². The van der Waals surface area contributed by atoms with Gasteiger partial charge in [-0.3, -0.25) is 4.39 Å². The minimum absolute atomic E-state index is 0.156. The van der Waals surface area contributed by atoms with Crippen molar-refractivity contribution in [2.45, 2.75) is 119 Å². The van der Waals surface area contributed by atoms with E-state index in [1.54, 1.807) is 13.8 Å². The SMILES string of the molecule is CC.CC.CCF.Cc1cc(F)c(N2CCC(CCCc3ccccc3)CC2)c(F)c1.Cc1cc(F)c(N2CCC3(CCCC3)CC2)c(F)c1. The van der Waals surface area contributed by atoms with Crippen LogP contribution in [0.25, 0.3) is 0 Å². The first-order valence-corrected chi connectivity index (χ1v) is 19.2. The van der Waals surface area contributed by atoms with Gasteiger partial charge in [0, 0.05) is 26.2 Å². The van der Waals surface area contributed by atoms with E-state index in [1.165, 1.54) is 75.3 Å². The molecular weight excluding hydrogens is 639 g/mol. The van der Waals surface area contributed by atoms with Gasteiger partial charge >= 0.3 is 0 Å². The quantitative estimate of drug-likeness (QED) is 0.236. The Bertz CT molecular complexity index is 1310. The first-order valence-electron chi connectivity index (χ1n) is 19.2. The van der Waals surface area contributed by atoms with Gasteiger partial charge < -0.3 is 9.80 Å². The first kappa shape index (κ1) is 43.1. The molecule has 0 amide bonds. The van der Waals surface area contributed by atoms with Crippen molar-refractivity contribution < 1.29 is 22.0 Å². The van der Waals surface area contributed by atoms with Crippen molar-refractivity contribution in [3.05, 3.63) is 94.6 Å². The van der Waals surface area contributed by atoms with Gasteiger partial charge in [0.15, 0.2) is 0 Å². The molecule has 3 aromatic carbocycles. The summed E-state index contributed by atoms with van der Waals surface area (Å²) in [6.07, 6.45) is 13.0. The number of hydrogen-bond acceptors (Lipinski definition) is 2. The molecule has 6 rings (SSSR count). The number of piperidine rings is 2. The predicted octanol–water partition coefficient (Wildman–Crippen LogP) is 13.0. The predicted molar refractivity (Wildman–Crippen MR) is 203 cm³/mol. The molecule has 0 atom stereocenters. The van der Waals surface area contributed by atoms with Crippen LogP contribution in [0.3, 0.4) is 0 Å². The lowest BCUT2D eigenvalue weighted by molar-refractivity contribution is 0.225. The molecule has 280 valence electrons. The summed E-state index contributed by atoms with van der Waals surface area (Å²) >= 11 is 0. The molecule has 7 heteroatoms. The largest absolute Gasteiger partial charge is 0.367 e. The van der Waals surface area contributed by atoms with Crippen LogP contribution in [0.1, 0.15) is 116 Å². The maximum absolute atomic E-state index is 14.1.